The molecule has 0 fully saturated rings. The van der Waals surface area contributed by atoms with Crippen molar-refractivity contribution in [3.8, 4) is 0 Å². The Hall–Kier alpha value is -1.32. The molecule has 0 bridgehead atoms. The Morgan fingerprint density at radius 1 is 1.11 bits per heavy atom. The Morgan fingerprint density at radius 2 is 1.63 bits per heavy atom. The van der Waals surface area contributed by atoms with Gasteiger partial charge in [-0.05, 0) is 61.4 Å². The molecule has 1 amide bonds. The van der Waals surface area contributed by atoms with Crippen molar-refractivity contribution in [2.45, 2.75) is 13.8 Å². The number of rotatable bonds is 2. The van der Waals surface area contributed by atoms with E-state index in [-0.39, 0.29) is 5.91 Å². The number of halogens is 2. The molecule has 2 rings (SSSR count). The zero-order valence-corrected chi connectivity index (χ0v) is 13.0. The molecule has 98 valence electrons. The van der Waals surface area contributed by atoms with Crippen molar-refractivity contribution in [2.24, 2.45) is 0 Å². The van der Waals surface area contributed by atoms with Crippen molar-refractivity contribution < 1.29 is 4.79 Å². The van der Waals surface area contributed by atoms with Gasteiger partial charge in [-0.1, -0.05) is 27.5 Å². The lowest BCUT2D eigenvalue weighted by Gasteiger charge is -2.12. The van der Waals surface area contributed by atoms with Crippen LogP contribution >= 0.6 is 27.5 Å². The number of amides is 1. The first-order chi connectivity index (χ1) is 8.97. The summed E-state index contributed by atoms with van der Waals surface area (Å²) >= 11 is 9.25. The van der Waals surface area contributed by atoms with E-state index in [2.05, 4.69) is 21.2 Å². The van der Waals surface area contributed by atoms with Crippen LogP contribution in [0.4, 0.5) is 5.69 Å². The van der Waals surface area contributed by atoms with Gasteiger partial charge in [0.1, 0.15) is 0 Å². The number of hydrogen-bond donors (Lipinski definition) is 1. The van der Waals surface area contributed by atoms with Crippen LogP contribution in [0.15, 0.2) is 40.9 Å². The summed E-state index contributed by atoms with van der Waals surface area (Å²) in [6.07, 6.45) is 0. The zero-order valence-electron chi connectivity index (χ0n) is 10.6. The molecule has 0 radical (unpaired) electrons. The van der Waals surface area contributed by atoms with E-state index in [0.29, 0.717) is 10.6 Å². The Morgan fingerprint density at radius 3 is 2.16 bits per heavy atom. The van der Waals surface area contributed by atoms with Crippen molar-refractivity contribution in [1.82, 2.24) is 0 Å². The van der Waals surface area contributed by atoms with E-state index < -0.39 is 0 Å². The van der Waals surface area contributed by atoms with Crippen LogP contribution in [0.2, 0.25) is 5.02 Å². The molecule has 0 aliphatic rings. The standard InChI is InChI=1S/C15H13BrClNO/c1-9-7-12(16)8-10(2)14(9)18-15(19)11-3-5-13(17)6-4-11/h3-8H,1-2H3,(H,18,19). The third-order valence-electron chi connectivity index (χ3n) is 2.84. The average molecular weight is 339 g/mol. The first kappa shape index (κ1) is 14.1. The molecule has 0 spiro atoms. The fourth-order valence-corrected chi connectivity index (χ4v) is 2.71. The monoisotopic (exact) mass is 337 g/mol. The summed E-state index contributed by atoms with van der Waals surface area (Å²) in [5, 5.41) is 3.56. The summed E-state index contributed by atoms with van der Waals surface area (Å²) in [4.78, 5) is 12.1. The van der Waals surface area contributed by atoms with Crippen LogP contribution in [0, 0.1) is 13.8 Å². The second-order valence-corrected chi connectivity index (χ2v) is 5.73. The average Bonchev–Trinajstić information content (AvgIpc) is 2.34. The molecular weight excluding hydrogens is 326 g/mol. The molecule has 0 atom stereocenters. The summed E-state index contributed by atoms with van der Waals surface area (Å²) in [6, 6.07) is 10.8. The van der Waals surface area contributed by atoms with Crippen molar-refractivity contribution in [1.29, 1.82) is 0 Å². The number of hydrogen-bond acceptors (Lipinski definition) is 1. The number of carbonyl (C=O) groups is 1. The van der Waals surface area contributed by atoms with Gasteiger partial charge in [-0.2, -0.15) is 0 Å². The van der Waals surface area contributed by atoms with E-state index in [0.717, 1.165) is 21.3 Å². The minimum atomic E-state index is -0.134. The SMILES string of the molecule is Cc1cc(Br)cc(C)c1NC(=O)c1ccc(Cl)cc1. The lowest BCUT2D eigenvalue weighted by atomic mass is 10.1. The molecule has 0 unspecified atom stereocenters. The van der Waals surface area contributed by atoms with Crippen molar-refractivity contribution in [2.75, 3.05) is 5.32 Å². The lowest BCUT2D eigenvalue weighted by molar-refractivity contribution is 0.102. The van der Waals surface area contributed by atoms with Gasteiger partial charge in [-0.3, -0.25) is 4.79 Å². The summed E-state index contributed by atoms with van der Waals surface area (Å²) in [5.41, 5.74) is 3.48. The first-order valence-electron chi connectivity index (χ1n) is 5.81. The fraction of sp³-hybridized carbons (Fsp3) is 0.133. The number of aryl methyl sites for hydroxylation is 2. The zero-order chi connectivity index (χ0) is 14.0. The third kappa shape index (κ3) is 3.37. The maximum Gasteiger partial charge on any atom is 0.255 e. The van der Waals surface area contributed by atoms with Crippen LogP contribution < -0.4 is 5.32 Å². The molecule has 2 aromatic carbocycles. The summed E-state index contributed by atoms with van der Waals surface area (Å²) in [6.45, 7) is 3.93. The Kier molecular flexibility index (Phi) is 4.27. The Labute approximate surface area is 125 Å². The normalized spacial score (nSPS) is 10.3. The molecule has 4 heteroatoms. The van der Waals surface area contributed by atoms with Crippen molar-refractivity contribution >= 4 is 39.1 Å². The maximum atomic E-state index is 12.1. The summed E-state index contributed by atoms with van der Waals surface area (Å²) in [7, 11) is 0. The topological polar surface area (TPSA) is 29.1 Å². The van der Waals surface area contributed by atoms with Gasteiger partial charge in [0, 0.05) is 20.7 Å². The smallest absolute Gasteiger partial charge is 0.255 e. The highest BCUT2D eigenvalue weighted by atomic mass is 79.9. The van der Waals surface area contributed by atoms with Crippen LogP contribution in [0.25, 0.3) is 0 Å². The van der Waals surface area contributed by atoms with E-state index in [1.807, 2.05) is 26.0 Å². The van der Waals surface area contributed by atoms with Crippen LogP contribution in [-0.4, -0.2) is 5.91 Å². The first-order valence-corrected chi connectivity index (χ1v) is 6.98. The van der Waals surface area contributed by atoms with E-state index >= 15 is 0 Å². The molecule has 0 saturated heterocycles. The molecule has 2 aromatic rings. The number of nitrogens with one attached hydrogen (secondary N) is 1. The molecule has 0 aromatic heterocycles. The van der Waals surface area contributed by atoms with Gasteiger partial charge in [0.25, 0.3) is 5.91 Å². The molecule has 19 heavy (non-hydrogen) atoms. The lowest BCUT2D eigenvalue weighted by Crippen LogP contribution is -2.13. The van der Waals surface area contributed by atoms with Crippen LogP contribution in [0.5, 0.6) is 0 Å². The predicted octanol–water partition coefficient (Wildman–Crippen LogP) is 4.97. The van der Waals surface area contributed by atoms with Gasteiger partial charge >= 0.3 is 0 Å². The largest absolute Gasteiger partial charge is 0.322 e. The maximum absolute atomic E-state index is 12.1. The number of benzene rings is 2. The van der Waals surface area contributed by atoms with E-state index in [9.17, 15) is 4.79 Å². The van der Waals surface area contributed by atoms with E-state index in [4.69, 9.17) is 11.6 Å². The van der Waals surface area contributed by atoms with Crippen LogP contribution in [-0.2, 0) is 0 Å². The fourth-order valence-electron chi connectivity index (χ4n) is 1.89. The highest BCUT2D eigenvalue weighted by Crippen LogP contribution is 2.25. The van der Waals surface area contributed by atoms with Crippen molar-refractivity contribution in [3.05, 3.63) is 62.6 Å². The highest BCUT2D eigenvalue weighted by Gasteiger charge is 2.10. The molecule has 1 N–H and O–H groups in total. The van der Waals surface area contributed by atoms with E-state index in [1.54, 1.807) is 24.3 Å². The van der Waals surface area contributed by atoms with Gasteiger partial charge in [-0.15, -0.1) is 0 Å². The number of anilines is 1. The van der Waals surface area contributed by atoms with Crippen molar-refractivity contribution in [3.63, 3.8) is 0 Å². The summed E-state index contributed by atoms with van der Waals surface area (Å²) < 4.78 is 1.01. The second kappa shape index (κ2) is 5.76. The van der Waals surface area contributed by atoms with Gasteiger partial charge < -0.3 is 5.32 Å². The van der Waals surface area contributed by atoms with E-state index in [1.165, 1.54) is 0 Å². The third-order valence-corrected chi connectivity index (χ3v) is 3.55. The summed E-state index contributed by atoms with van der Waals surface area (Å²) in [5.74, 6) is -0.134. The molecule has 0 heterocycles. The van der Waals surface area contributed by atoms with Crippen LogP contribution in [0.1, 0.15) is 21.5 Å². The van der Waals surface area contributed by atoms with Gasteiger partial charge in [0.15, 0.2) is 0 Å². The predicted molar refractivity (Wildman–Crippen MR) is 83.0 cm³/mol. The van der Waals surface area contributed by atoms with Gasteiger partial charge in [-0.25, -0.2) is 0 Å². The number of carbonyl (C=O) groups excluding carboxylic acids is 1. The molecule has 0 saturated carbocycles. The molecular formula is C15H13BrClNO. The Bertz CT molecular complexity index is 600. The highest BCUT2D eigenvalue weighted by molar-refractivity contribution is 9.10. The minimum absolute atomic E-state index is 0.134. The minimum Gasteiger partial charge on any atom is -0.322 e. The molecule has 0 aliphatic carbocycles. The Balaban J connectivity index is 2.26. The van der Waals surface area contributed by atoms with Gasteiger partial charge in [0.2, 0.25) is 0 Å². The van der Waals surface area contributed by atoms with Crippen LogP contribution in [0.3, 0.4) is 0 Å². The molecule has 2 nitrogen and oxygen atoms in total. The quantitative estimate of drug-likeness (QED) is 0.823. The van der Waals surface area contributed by atoms with Gasteiger partial charge in [0.05, 0.1) is 0 Å². The second-order valence-electron chi connectivity index (χ2n) is 4.38. The molecule has 0 aliphatic heterocycles.